The molecule has 0 saturated heterocycles. The minimum absolute atomic E-state index is 0.248. The molecule has 1 unspecified atom stereocenters. The summed E-state index contributed by atoms with van der Waals surface area (Å²) in [6.45, 7) is 6.31. The molecule has 0 heterocycles. The number of hydrogen-bond donors (Lipinski definition) is 1. The van der Waals surface area contributed by atoms with Crippen LogP contribution in [0.15, 0.2) is 53.4 Å². The lowest BCUT2D eigenvalue weighted by Crippen LogP contribution is -2.30. The van der Waals surface area contributed by atoms with E-state index in [4.69, 9.17) is 4.74 Å². The summed E-state index contributed by atoms with van der Waals surface area (Å²) in [6, 6.07) is 13.3. The lowest BCUT2D eigenvalue weighted by Gasteiger charge is -2.19. The number of nitrogens with zero attached hydrogens (tertiary/aromatic N) is 1. The smallest absolute Gasteiger partial charge is 0.255 e. The summed E-state index contributed by atoms with van der Waals surface area (Å²) in [5.74, 6) is 0.252. The van der Waals surface area contributed by atoms with E-state index >= 15 is 0 Å². The van der Waals surface area contributed by atoms with Gasteiger partial charge < -0.3 is 10.1 Å². The van der Waals surface area contributed by atoms with Gasteiger partial charge in [0.05, 0.1) is 23.6 Å². The first-order valence-corrected chi connectivity index (χ1v) is 10.3. The summed E-state index contributed by atoms with van der Waals surface area (Å²) < 4.78 is 31.7. The Hall–Kier alpha value is -2.38. The molecule has 1 amide bonds. The average molecular weight is 391 g/mol. The van der Waals surface area contributed by atoms with Crippen LogP contribution < -0.4 is 10.1 Å². The zero-order chi connectivity index (χ0) is 20.0. The van der Waals surface area contributed by atoms with Crippen molar-refractivity contribution in [3.63, 3.8) is 0 Å². The Morgan fingerprint density at radius 1 is 1.07 bits per heavy atom. The maximum absolute atomic E-state index is 12.6. The van der Waals surface area contributed by atoms with E-state index in [1.807, 2.05) is 20.8 Å². The molecule has 1 N–H and O–H groups in total. The molecule has 0 spiro atoms. The van der Waals surface area contributed by atoms with Crippen molar-refractivity contribution in [3.8, 4) is 5.75 Å². The number of carbonyl (C=O) groups is 1. The number of nitrogens with one attached hydrogen (secondary N) is 1. The summed E-state index contributed by atoms with van der Waals surface area (Å²) >= 11 is 0. The highest BCUT2D eigenvalue weighted by atomic mass is 32.2. The molecule has 7 heteroatoms. The molecule has 2 aromatic carbocycles. The third-order valence-electron chi connectivity index (χ3n) is 4.42. The van der Waals surface area contributed by atoms with Crippen molar-refractivity contribution in [1.82, 2.24) is 9.62 Å². The Bertz CT molecular complexity index is 875. The second kappa shape index (κ2) is 9.01. The first kappa shape index (κ1) is 20.9. The van der Waals surface area contributed by atoms with E-state index in [9.17, 15) is 13.2 Å². The minimum atomic E-state index is -3.49. The summed E-state index contributed by atoms with van der Waals surface area (Å²) in [4.78, 5) is 12.8. The predicted molar refractivity (Wildman–Crippen MR) is 105 cm³/mol. The molecule has 27 heavy (non-hydrogen) atoms. The van der Waals surface area contributed by atoms with Gasteiger partial charge in [0.15, 0.2) is 0 Å². The van der Waals surface area contributed by atoms with E-state index in [2.05, 4.69) is 5.32 Å². The molecule has 0 bridgehead atoms. The van der Waals surface area contributed by atoms with E-state index in [1.165, 1.54) is 11.4 Å². The number of carbonyl (C=O) groups excluding carboxylic acids is 1. The van der Waals surface area contributed by atoms with Crippen LogP contribution in [0.5, 0.6) is 5.75 Å². The Balaban J connectivity index is 2.16. The van der Waals surface area contributed by atoms with Gasteiger partial charge >= 0.3 is 0 Å². The molecule has 0 radical (unpaired) electrons. The second-order valence-electron chi connectivity index (χ2n) is 6.05. The van der Waals surface area contributed by atoms with Crippen molar-refractivity contribution >= 4 is 15.9 Å². The first-order valence-electron chi connectivity index (χ1n) is 8.89. The molecular weight excluding hydrogens is 364 g/mol. The van der Waals surface area contributed by atoms with Crippen molar-refractivity contribution in [2.75, 3.05) is 20.2 Å². The monoisotopic (exact) mass is 390 g/mol. The molecule has 146 valence electrons. The van der Waals surface area contributed by atoms with Crippen molar-refractivity contribution in [2.24, 2.45) is 0 Å². The Kier molecular flexibility index (Phi) is 6.98. The quantitative estimate of drug-likeness (QED) is 0.751. The molecule has 0 aliphatic carbocycles. The average Bonchev–Trinajstić information content (AvgIpc) is 2.68. The fourth-order valence-corrected chi connectivity index (χ4v) is 4.29. The summed E-state index contributed by atoms with van der Waals surface area (Å²) in [5.41, 5.74) is 1.27. The first-order chi connectivity index (χ1) is 12.8. The van der Waals surface area contributed by atoms with Crippen LogP contribution in [0.1, 0.15) is 42.7 Å². The standard InChI is InChI=1S/C20H26N2O4S/c1-5-22(6-2)27(24,25)17-13-11-16(12-14-17)15(3)21-20(23)18-9-7-8-10-19(18)26-4/h7-15H,5-6H2,1-4H3,(H,21,23). The lowest BCUT2D eigenvalue weighted by molar-refractivity contribution is 0.0937. The maximum atomic E-state index is 12.6. The molecule has 0 aliphatic heterocycles. The third kappa shape index (κ3) is 4.67. The molecule has 0 saturated carbocycles. The second-order valence-corrected chi connectivity index (χ2v) is 7.99. The fraction of sp³-hybridized carbons (Fsp3) is 0.350. The Labute approximate surface area is 161 Å². The third-order valence-corrected chi connectivity index (χ3v) is 6.49. The summed E-state index contributed by atoms with van der Waals surface area (Å²) in [5, 5.41) is 2.91. The number of sulfonamides is 1. The predicted octanol–water partition coefficient (Wildman–Crippen LogP) is 3.22. The molecule has 0 aromatic heterocycles. The fourth-order valence-electron chi connectivity index (χ4n) is 2.83. The number of para-hydroxylation sites is 1. The van der Waals surface area contributed by atoms with Gasteiger partial charge in [-0.3, -0.25) is 4.79 Å². The SMILES string of the molecule is CCN(CC)S(=O)(=O)c1ccc(C(C)NC(=O)c2ccccc2OC)cc1. The van der Waals surface area contributed by atoms with Gasteiger partial charge in [-0.05, 0) is 36.8 Å². The zero-order valence-corrected chi connectivity index (χ0v) is 16.9. The molecule has 2 rings (SSSR count). The molecule has 6 nitrogen and oxygen atoms in total. The topological polar surface area (TPSA) is 75.7 Å². The van der Waals surface area contributed by atoms with Gasteiger partial charge in [0.2, 0.25) is 10.0 Å². The van der Waals surface area contributed by atoms with E-state index in [0.717, 1.165) is 5.56 Å². The minimum Gasteiger partial charge on any atom is -0.496 e. The van der Waals surface area contributed by atoms with Gasteiger partial charge in [-0.2, -0.15) is 4.31 Å². The summed E-state index contributed by atoms with van der Waals surface area (Å²) in [7, 11) is -1.97. The van der Waals surface area contributed by atoms with Gasteiger partial charge in [-0.1, -0.05) is 38.1 Å². The highest BCUT2D eigenvalue weighted by Crippen LogP contribution is 2.21. The number of ether oxygens (including phenoxy) is 1. The van der Waals surface area contributed by atoms with Gasteiger partial charge in [0.1, 0.15) is 5.75 Å². The van der Waals surface area contributed by atoms with E-state index < -0.39 is 10.0 Å². The van der Waals surface area contributed by atoms with E-state index in [0.29, 0.717) is 24.4 Å². The van der Waals surface area contributed by atoms with E-state index in [-0.39, 0.29) is 16.8 Å². The highest BCUT2D eigenvalue weighted by molar-refractivity contribution is 7.89. The van der Waals surface area contributed by atoms with Crippen LogP contribution in [-0.2, 0) is 10.0 Å². The molecule has 1 atom stereocenters. The molecular formula is C20H26N2O4S. The van der Waals surface area contributed by atoms with Crippen molar-refractivity contribution in [3.05, 3.63) is 59.7 Å². The number of amides is 1. The van der Waals surface area contributed by atoms with Crippen LogP contribution in [0.25, 0.3) is 0 Å². The van der Waals surface area contributed by atoms with Gasteiger partial charge in [-0.25, -0.2) is 8.42 Å². The van der Waals surface area contributed by atoms with Crippen LogP contribution in [0, 0.1) is 0 Å². The van der Waals surface area contributed by atoms with Crippen LogP contribution >= 0.6 is 0 Å². The highest BCUT2D eigenvalue weighted by Gasteiger charge is 2.22. The van der Waals surface area contributed by atoms with Crippen molar-refractivity contribution in [2.45, 2.75) is 31.7 Å². The zero-order valence-electron chi connectivity index (χ0n) is 16.1. The largest absolute Gasteiger partial charge is 0.496 e. The van der Waals surface area contributed by atoms with Gasteiger partial charge in [-0.15, -0.1) is 0 Å². The van der Waals surface area contributed by atoms with Gasteiger partial charge in [0.25, 0.3) is 5.91 Å². The van der Waals surface area contributed by atoms with Crippen LogP contribution in [0.3, 0.4) is 0 Å². The van der Waals surface area contributed by atoms with Crippen LogP contribution in [0.4, 0.5) is 0 Å². The number of benzene rings is 2. The Morgan fingerprint density at radius 2 is 1.67 bits per heavy atom. The molecule has 0 fully saturated rings. The normalized spacial score (nSPS) is 12.6. The maximum Gasteiger partial charge on any atom is 0.255 e. The summed E-state index contributed by atoms with van der Waals surface area (Å²) in [6.07, 6.45) is 0. The van der Waals surface area contributed by atoms with Crippen molar-refractivity contribution in [1.29, 1.82) is 0 Å². The van der Waals surface area contributed by atoms with Crippen molar-refractivity contribution < 1.29 is 17.9 Å². The number of methoxy groups -OCH3 is 1. The van der Waals surface area contributed by atoms with Crippen LogP contribution in [-0.4, -0.2) is 38.8 Å². The van der Waals surface area contributed by atoms with E-state index in [1.54, 1.807) is 48.5 Å². The molecule has 2 aromatic rings. The number of rotatable bonds is 8. The Morgan fingerprint density at radius 3 is 2.22 bits per heavy atom. The number of hydrogen-bond acceptors (Lipinski definition) is 4. The molecule has 0 aliphatic rings. The van der Waals surface area contributed by atoms with Crippen LogP contribution in [0.2, 0.25) is 0 Å². The lowest BCUT2D eigenvalue weighted by atomic mass is 10.1. The van der Waals surface area contributed by atoms with Gasteiger partial charge in [0, 0.05) is 13.1 Å².